The van der Waals surface area contributed by atoms with Crippen molar-refractivity contribution in [1.29, 1.82) is 0 Å². The number of amides is 1. The molecule has 3 aliphatic rings. The van der Waals surface area contributed by atoms with Crippen molar-refractivity contribution in [1.82, 2.24) is 24.7 Å². The molecule has 3 fully saturated rings. The second-order valence-electron chi connectivity index (χ2n) is 8.67. The fourth-order valence-corrected chi connectivity index (χ4v) is 4.39. The zero-order chi connectivity index (χ0) is 20.0. The van der Waals surface area contributed by atoms with Gasteiger partial charge in [0.1, 0.15) is 5.82 Å². The highest BCUT2D eigenvalue weighted by molar-refractivity contribution is 5.76. The summed E-state index contributed by atoms with van der Waals surface area (Å²) in [6.45, 7) is 2.04. The van der Waals surface area contributed by atoms with Crippen molar-refractivity contribution in [3.05, 3.63) is 18.0 Å². The number of fused-ring (bicyclic) bond motifs is 1. The highest BCUT2D eigenvalue weighted by Gasteiger charge is 2.36. The molecule has 2 saturated heterocycles. The number of hydrogen-bond donors (Lipinski definition) is 0. The summed E-state index contributed by atoms with van der Waals surface area (Å²) in [6.07, 6.45) is 4.17. The number of nitrogens with zero attached hydrogens (tertiary/aromatic N) is 6. The molecule has 9 heteroatoms. The van der Waals surface area contributed by atoms with E-state index >= 15 is 0 Å². The van der Waals surface area contributed by atoms with Gasteiger partial charge in [0.2, 0.25) is 5.91 Å². The molecule has 0 aromatic carbocycles. The van der Waals surface area contributed by atoms with Crippen LogP contribution in [0.5, 0.6) is 0 Å². The molecule has 0 radical (unpaired) electrons. The molecule has 0 bridgehead atoms. The molecule has 7 nitrogen and oxygen atoms in total. The van der Waals surface area contributed by atoms with Crippen LogP contribution < -0.4 is 4.90 Å². The minimum absolute atomic E-state index is 0.0251. The first-order valence-electron chi connectivity index (χ1n) is 10.6. The van der Waals surface area contributed by atoms with Crippen LogP contribution in [0.1, 0.15) is 56.7 Å². The number of piperidine rings is 2. The van der Waals surface area contributed by atoms with Crippen molar-refractivity contribution in [3.63, 3.8) is 0 Å². The summed E-state index contributed by atoms with van der Waals surface area (Å²) in [5.41, 5.74) is 0.781. The van der Waals surface area contributed by atoms with Gasteiger partial charge in [-0.05, 0) is 43.7 Å². The van der Waals surface area contributed by atoms with Gasteiger partial charge in [-0.15, -0.1) is 15.3 Å². The number of likely N-dealkylation sites (tertiary alicyclic amines) is 1. The number of carbonyl (C=O) groups excluding carboxylic acids is 1. The quantitative estimate of drug-likeness (QED) is 0.784. The third kappa shape index (κ3) is 3.91. The van der Waals surface area contributed by atoms with Crippen LogP contribution in [0.4, 0.5) is 14.6 Å². The number of hydrogen-bond acceptors (Lipinski definition) is 5. The Morgan fingerprint density at radius 3 is 2.45 bits per heavy atom. The monoisotopic (exact) mass is 404 g/mol. The second-order valence-corrected chi connectivity index (χ2v) is 8.67. The molecular formula is C20H26F2N6O. The van der Waals surface area contributed by atoms with E-state index in [1.807, 2.05) is 16.6 Å². The summed E-state index contributed by atoms with van der Waals surface area (Å²) < 4.78 is 28.5. The van der Waals surface area contributed by atoms with Crippen molar-refractivity contribution >= 4 is 17.4 Å². The fraction of sp³-hybridized carbons (Fsp3) is 0.700. The zero-order valence-electron chi connectivity index (χ0n) is 16.4. The smallest absolute Gasteiger partial charge is 0.251 e. The highest BCUT2D eigenvalue weighted by atomic mass is 19.3. The van der Waals surface area contributed by atoms with Gasteiger partial charge in [0.05, 0.1) is 0 Å². The van der Waals surface area contributed by atoms with Gasteiger partial charge < -0.3 is 9.80 Å². The van der Waals surface area contributed by atoms with E-state index in [0.717, 1.165) is 56.1 Å². The minimum Gasteiger partial charge on any atom is -0.355 e. The summed E-state index contributed by atoms with van der Waals surface area (Å²) in [4.78, 5) is 16.4. The van der Waals surface area contributed by atoms with Crippen molar-refractivity contribution in [2.24, 2.45) is 5.92 Å². The molecule has 0 atom stereocenters. The Kier molecular flexibility index (Phi) is 4.63. The topological polar surface area (TPSA) is 66.6 Å². The molecule has 2 aromatic heterocycles. The maximum atomic E-state index is 13.3. The molecule has 2 aromatic rings. The van der Waals surface area contributed by atoms with Gasteiger partial charge in [-0.25, -0.2) is 8.78 Å². The van der Waals surface area contributed by atoms with Gasteiger partial charge >= 0.3 is 0 Å². The lowest BCUT2D eigenvalue weighted by Crippen LogP contribution is -2.44. The number of alkyl halides is 2. The van der Waals surface area contributed by atoms with Crippen LogP contribution in [0.15, 0.2) is 12.1 Å². The van der Waals surface area contributed by atoms with Gasteiger partial charge in [-0.3, -0.25) is 4.79 Å². The SMILES string of the molecule is O=C(CC1CCN(c2ccc3nnc(C4CC4)n3n2)CC1)N1CCC(F)(F)CC1. The first-order valence-corrected chi connectivity index (χ1v) is 10.6. The molecule has 0 N–H and O–H groups in total. The number of aromatic nitrogens is 4. The summed E-state index contributed by atoms with van der Waals surface area (Å²) in [5.74, 6) is 0.0789. The molecule has 1 aliphatic carbocycles. The van der Waals surface area contributed by atoms with Gasteiger partial charge in [0.25, 0.3) is 5.92 Å². The fourth-order valence-electron chi connectivity index (χ4n) is 4.39. The van der Waals surface area contributed by atoms with Crippen LogP contribution in [-0.4, -0.2) is 62.7 Å². The predicted octanol–water partition coefficient (Wildman–Crippen LogP) is 2.87. The van der Waals surface area contributed by atoms with E-state index in [9.17, 15) is 13.6 Å². The van der Waals surface area contributed by atoms with E-state index in [1.54, 1.807) is 4.90 Å². The van der Waals surface area contributed by atoms with Crippen molar-refractivity contribution in [2.75, 3.05) is 31.1 Å². The van der Waals surface area contributed by atoms with E-state index < -0.39 is 5.92 Å². The van der Waals surface area contributed by atoms with E-state index in [0.29, 0.717) is 18.3 Å². The Hall–Kier alpha value is -2.32. The Morgan fingerprint density at radius 1 is 1.03 bits per heavy atom. The maximum Gasteiger partial charge on any atom is 0.251 e. The average Bonchev–Trinajstić information content (AvgIpc) is 3.47. The molecule has 156 valence electrons. The molecular weight excluding hydrogens is 378 g/mol. The zero-order valence-corrected chi connectivity index (χ0v) is 16.4. The molecule has 5 rings (SSSR count). The van der Waals surface area contributed by atoms with E-state index in [1.165, 1.54) is 0 Å². The van der Waals surface area contributed by atoms with E-state index in [2.05, 4.69) is 15.1 Å². The predicted molar refractivity (Wildman–Crippen MR) is 103 cm³/mol. The lowest BCUT2D eigenvalue weighted by atomic mass is 9.92. The average molecular weight is 404 g/mol. The van der Waals surface area contributed by atoms with E-state index in [4.69, 9.17) is 5.10 Å². The van der Waals surface area contributed by atoms with Crippen LogP contribution >= 0.6 is 0 Å². The van der Waals surface area contributed by atoms with Crippen molar-refractivity contribution in [3.8, 4) is 0 Å². The van der Waals surface area contributed by atoms with Gasteiger partial charge in [-0.1, -0.05) is 0 Å². The Bertz CT molecular complexity index is 894. The maximum absolute atomic E-state index is 13.3. The molecule has 1 amide bonds. The normalized spacial score (nSPS) is 23.0. The summed E-state index contributed by atoms with van der Waals surface area (Å²) in [7, 11) is 0. The molecule has 0 spiro atoms. The largest absolute Gasteiger partial charge is 0.355 e. The summed E-state index contributed by atoms with van der Waals surface area (Å²) in [5, 5.41) is 13.3. The first kappa shape index (κ1) is 18.7. The number of halogens is 2. The van der Waals surface area contributed by atoms with Gasteiger partial charge in [0.15, 0.2) is 11.5 Å². The number of carbonyl (C=O) groups is 1. The Morgan fingerprint density at radius 2 is 1.76 bits per heavy atom. The Labute approximate surface area is 168 Å². The van der Waals surface area contributed by atoms with Crippen molar-refractivity contribution < 1.29 is 13.6 Å². The van der Waals surface area contributed by atoms with Crippen molar-refractivity contribution in [2.45, 2.75) is 56.8 Å². The second kappa shape index (κ2) is 7.18. The lowest BCUT2D eigenvalue weighted by Gasteiger charge is -2.35. The third-order valence-corrected chi connectivity index (χ3v) is 6.46. The number of rotatable bonds is 4. The van der Waals surface area contributed by atoms with E-state index in [-0.39, 0.29) is 31.8 Å². The highest BCUT2D eigenvalue weighted by Crippen LogP contribution is 2.39. The minimum atomic E-state index is -2.61. The van der Waals surface area contributed by atoms with Crippen LogP contribution in [0.25, 0.3) is 5.65 Å². The standard InChI is InChI=1S/C20H26F2N6O/c21-20(22)7-11-27(12-8-20)18(29)13-14-5-9-26(10-6-14)17-4-3-16-23-24-19(15-1-2-15)28(16)25-17/h3-4,14-15H,1-2,5-13H2. The van der Waals surface area contributed by atoms with Crippen LogP contribution in [0.2, 0.25) is 0 Å². The van der Waals surface area contributed by atoms with Crippen LogP contribution in [0, 0.1) is 5.92 Å². The first-order chi connectivity index (χ1) is 14.0. The molecule has 2 aliphatic heterocycles. The number of anilines is 1. The molecule has 0 unspecified atom stereocenters. The van der Waals surface area contributed by atoms with Crippen LogP contribution in [-0.2, 0) is 4.79 Å². The third-order valence-electron chi connectivity index (χ3n) is 6.46. The molecule has 1 saturated carbocycles. The van der Waals surface area contributed by atoms with Crippen LogP contribution in [0.3, 0.4) is 0 Å². The summed E-state index contributed by atoms with van der Waals surface area (Å²) >= 11 is 0. The Balaban J connectivity index is 1.17. The van der Waals surface area contributed by atoms with Gasteiger partial charge in [-0.2, -0.15) is 4.52 Å². The molecule has 29 heavy (non-hydrogen) atoms. The molecule has 4 heterocycles. The summed E-state index contributed by atoms with van der Waals surface area (Å²) in [6, 6.07) is 3.95. The van der Waals surface area contributed by atoms with Gasteiger partial charge in [0, 0.05) is 51.4 Å². The lowest BCUT2D eigenvalue weighted by molar-refractivity contribution is -0.138.